The molecule has 0 aliphatic heterocycles. The average molecular weight is 246 g/mol. The number of rotatable bonds is 3. The molecule has 2 unspecified atom stereocenters. The standard InChI is InChI=1S/C13H18N4O/c1-9-5-6-17-12(7-9)15-13(16-17)14-8-10-3-2-4-11(10)18/h5-7,10-11,18H,2-4,8H2,1H3,(H,14,16). The smallest absolute Gasteiger partial charge is 0.243 e. The van der Waals surface area contributed by atoms with Crippen molar-refractivity contribution in [2.24, 2.45) is 5.92 Å². The predicted molar refractivity (Wildman–Crippen MR) is 69.6 cm³/mol. The molecule has 0 aromatic carbocycles. The molecule has 96 valence electrons. The summed E-state index contributed by atoms with van der Waals surface area (Å²) in [5, 5.41) is 17.3. The van der Waals surface area contributed by atoms with Crippen molar-refractivity contribution >= 4 is 11.6 Å². The van der Waals surface area contributed by atoms with Crippen LogP contribution in [0.1, 0.15) is 24.8 Å². The summed E-state index contributed by atoms with van der Waals surface area (Å²) in [6.45, 7) is 2.79. The first-order valence-electron chi connectivity index (χ1n) is 6.47. The Morgan fingerprint density at radius 3 is 3.17 bits per heavy atom. The third-order valence-corrected chi connectivity index (χ3v) is 3.63. The summed E-state index contributed by atoms with van der Waals surface area (Å²) in [7, 11) is 0. The SMILES string of the molecule is Cc1ccn2nc(NCC3CCCC3O)nc2c1. The number of pyridine rings is 1. The van der Waals surface area contributed by atoms with Crippen LogP contribution in [0.3, 0.4) is 0 Å². The van der Waals surface area contributed by atoms with Crippen LogP contribution in [0.15, 0.2) is 18.3 Å². The zero-order valence-electron chi connectivity index (χ0n) is 10.5. The van der Waals surface area contributed by atoms with E-state index < -0.39 is 0 Å². The molecule has 1 saturated carbocycles. The number of anilines is 1. The molecule has 2 aromatic rings. The lowest BCUT2D eigenvalue weighted by Gasteiger charge is -2.13. The highest BCUT2D eigenvalue weighted by molar-refractivity contribution is 5.45. The summed E-state index contributed by atoms with van der Waals surface area (Å²) in [6, 6.07) is 4.01. The number of hydrogen-bond acceptors (Lipinski definition) is 4. The highest BCUT2D eigenvalue weighted by Gasteiger charge is 2.25. The predicted octanol–water partition coefficient (Wildman–Crippen LogP) is 1.61. The van der Waals surface area contributed by atoms with E-state index in [1.54, 1.807) is 4.52 Å². The van der Waals surface area contributed by atoms with Gasteiger partial charge >= 0.3 is 0 Å². The second kappa shape index (κ2) is 4.57. The van der Waals surface area contributed by atoms with Gasteiger partial charge < -0.3 is 10.4 Å². The van der Waals surface area contributed by atoms with E-state index in [1.165, 1.54) is 5.56 Å². The molecule has 5 nitrogen and oxygen atoms in total. The average Bonchev–Trinajstić information content (AvgIpc) is 2.92. The van der Waals surface area contributed by atoms with Crippen LogP contribution in [-0.4, -0.2) is 32.4 Å². The van der Waals surface area contributed by atoms with E-state index >= 15 is 0 Å². The number of aromatic nitrogens is 3. The molecule has 1 aliphatic rings. The number of nitrogens with one attached hydrogen (secondary N) is 1. The monoisotopic (exact) mass is 246 g/mol. The molecule has 2 aromatic heterocycles. The molecule has 0 radical (unpaired) electrons. The first-order chi connectivity index (χ1) is 8.72. The summed E-state index contributed by atoms with van der Waals surface area (Å²) in [5.74, 6) is 0.970. The zero-order chi connectivity index (χ0) is 12.5. The van der Waals surface area contributed by atoms with Gasteiger partial charge in [0.1, 0.15) is 0 Å². The Morgan fingerprint density at radius 1 is 1.50 bits per heavy atom. The van der Waals surface area contributed by atoms with Gasteiger partial charge in [-0.3, -0.25) is 0 Å². The van der Waals surface area contributed by atoms with Crippen molar-refractivity contribution in [3.05, 3.63) is 23.9 Å². The van der Waals surface area contributed by atoms with Crippen molar-refractivity contribution < 1.29 is 5.11 Å². The van der Waals surface area contributed by atoms with Crippen molar-refractivity contribution in [1.82, 2.24) is 14.6 Å². The second-order valence-corrected chi connectivity index (χ2v) is 5.08. The molecular weight excluding hydrogens is 228 g/mol. The van der Waals surface area contributed by atoms with Gasteiger partial charge in [0.05, 0.1) is 6.10 Å². The number of fused-ring (bicyclic) bond motifs is 1. The third kappa shape index (κ3) is 2.18. The van der Waals surface area contributed by atoms with Crippen molar-refractivity contribution in [3.8, 4) is 0 Å². The van der Waals surface area contributed by atoms with Gasteiger partial charge in [-0.25, -0.2) is 4.52 Å². The number of aryl methyl sites for hydroxylation is 1. The highest BCUT2D eigenvalue weighted by Crippen LogP contribution is 2.25. The second-order valence-electron chi connectivity index (χ2n) is 5.08. The van der Waals surface area contributed by atoms with Gasteiger partial charge in [-0.1, -0.05) is 6.42 Å². The zero-order valence-corrected chi connectivity index (χ0v) is 10.5. The molecule has 5 heteroatoms. The Labute approximate surface area is 106 Å². The maximum atomic E-state index is 9.76. The van der Waals surface area contributed by atoms with Crippen LogP contribution < -0.4 is 5.32 Å². The quantitative estimate of drug-likeness (QED) is 0.863. The van der Waals surface area contributed by atoms with Crippen molar-refractivity contribution in [2.75, 3.05) is 11.9 Å². The molecule has 1 fully saturated rings. The Morgan fingerprint density at radius 2 is 2.39 bits per heavy atom. The van der Waals surface area contributed by atoms with E-state index in [0.717, 1.165) is 31.5 Å². The van der Waals surface area contributed by atoms with Gasteiger partial charge in [0.15, 0.2) is 5.65 Å². The van der Waals surface area contributed by atoms with Crippen molar-refractivity contribution in [3.63, 3.8) is 0 Å². The lowest BCUT2D eigenvalue weighted by molar-refractivity contribution is 0.138. The minimum absolute atomic E-state index is 0.170. The molecule has 1 aliphatic carbocycles. The minimum Gasteiger partial charge on any atom is -0.393 e. The van der Waals surface area contributed by atoms with Crippen LogP contribution in [0.5, 0.6) is 0 Å². The molecule has 3 rings (SSSR count). The van der Waals surface area contributed by atoms with Gasteiger partial charge in [0.2, 0.25) is 5.95 Å². The van der Waals surface area contributed by atoms with Crippen molar-refractivity contribution in [1.29, 1.82) is 0 Å². The lowest BCUT2D eigenvalue weighted by Crippen LogP contribution is -2.22. The van der Waals surface area contributed by atoms with Crippen LogP contribution in [0, 0.1) is 12.8 Å². The van der Waals surface area contributed by atoms with E-state index in [-0.39, 0.29) is 6.10 Å². The molecule has 2 N–H and O–H groups in total. The fraction of sp³-hybridized carbons (Fsp3) is 0.538. The van der Waals surface area contributed by atoms with Crippen LogP contribution in [0.4, 0.5) is 5.95 Å². The number of aliphatic hydroxyl groups excluding tert-OH is 1. The normalized spacial score (nSPS) is 23.7. The van der Waals surface area contributed by atoms with Crippen molar-refractivity contribution in [2.45, 2.75) is 32.3 Å². The molecule has 2 atom stereocenters. The summed E-state index contributed by atoms with van der Waals surface area (Å²) in [6.07, 6.45) is 4.86. The van der Waals surface area contributed by atoms with E-state index in [0.29, 0.717) is 11.9 Å². The largest absolute Gasteiger partial charge is 0.393 e. The molecule has 0 saturated heterocycles. The molecule has 0 bridgehead atoms. The van der Waals surface area contributed by atoms with E-state index in [1.807, 2.05) is 25.3 Å². The maximum Gasteiger partial charge on any atom is 0.243 e. The van der Waals surface area contributed by atoms with Crippen LogP contribution >= 0.6 is 0 Å². The number of aliphatic hydroxyl groups is 1. The minimum atomic E-state index is -0.170. The maximum absolute atomic E-state index is 9.76. The fourth-order valence-corrected chi connectivity index (χ4v) is 2.54. The van der Waals surface area contributed by atoms with Crippen LogP contribution in [-0.2, 0) is 0 Å². The van der Waals surface area contributed by atoms with Gasteiger partial charge in [0, 0.05) is 18.7 Å². The Hall–Kier alpha value is -1.62. The highest BCUT2D eigenvalue weighted by atomic mass is 16.3. The molecule has 2 heterocycles. The summed E-state index contributed by atoms with van der Waals surface area (Å²) in [4.78, 5) is 4.42. The van der Waals surface area contributed by atoms with E-state index in [4.69, 9.17) is 0 Å². The molecule has 18 heavy (non-hydrogen) atoms. The number of nitrogens with zero attached hydrogens (tertiary/aromatic N) is 3. The Kier molecular flexibility index (Phi) is 2.91. The summed E-state index contributed by atoms with van der Waals surface area (Å²) < 4.78 is 1.76. The molecule has 0 spiro atoms. The van der Waals surface area contributed by atoms with Gasteiger partial charge in [-0.15, -0.1) is 5.10 Å². The Bertz CT molecular complexity index is 551. The van der Waals surface area contributed by atoms with E-state index in [9.17, 15) is 5.11 Å². The number of hydrogen-bond donors (Lipinski definition) is 2. The van der Waals surface area contributed by atoms with Crippen LogP contribution in [0.25, 0.3) is 5.65 Å². The Balaban J connectivity index is 1.71. The van der Waals surface area contributed by atoms with E-state index in [2.05, 4.69) is 15.4 Å². The van der Waals surface area contributed by atoms with Gasteiger partial charge in [-0.2, -0.15) is 4.98 Å². The first-order valence-corrected chi connectivity index (χ1v) is 6.47. The third-order valence-electron chi connectivity index (χ3n) is 3.63. The first kappa shape index (κ1) is 11.5. The van der Waals surface area contributed by atoms with Gasteiger partial charge in [0.25, 0.3) is 0 Å². The fourth-order valence-electron chi connectivity index (χ4n) is 2.54. The molecule has 0 amide bonds. The topological polar surface area (TPSA) is 62.5 Å². The van der Waals surface area contributed by atoms with Gasteiger partial charge in [-0.05, 0) is 37.5 Å². The summed E-state index contributed by atoms with van der Waals surface area (Å²) >= 11 is 0. The van der Waals surface area contributed by atoms with Crippen LogP contribution in [0.2, 0.25) is 0 Å². The molecular formula is C13H18N4O. The summed E-state index contributed by atoms with van der Waals surface area (Å²) in [5.41, 5.74) is 2.03. The lowest BCUT2D eigenvalue weighted by atomic mass is 10.1.